The molecule has 94 valence electrons. The van der Waals surface area contributed by atoms with E-state index in [0.29, 0.717) is 0 Å². The van der Waals surface area contributed by atoms with Gasteiger partial charge in [-0.05, 0) is 55.6 Å². The number of aliphatic hydroxyl groups is 1. The molecule has 1 nitrogen and oxygen atoms in total. The van der Waals surface area contributed by atoms with Gasteiger partial charge in [-0.25, -0.2) is 0 Å². The van der Waals surface area contributed by atoms with Crippen LogP contribution in [-0.4, -0.2) is 22.7 Å². The van der Waals surface area contributed by atoms with Gasteiger partial charge in [0, 0.05) is 0 Å². The summed E-state index contributed by atoms with van der Waals surface area (Å²) in [6.45, 7) is 2.11. The van der Waals surface area contributed by atoms with Crippen molar-refractivity contribution in [3.05, 3.63) is 35.4 Å². The Bertz CT molecular complexity index is 345. The van der Waals surface area contributed by atoms with E-state index < -0.39 is 0 Å². The molecule has 17 heavy (non-hydrogen) atoms. The van der Waals surface area contributed by atoms with Crippen LogP contribution in [0.25, 0.3) is 0 Å². The van der Waals surface area contributed by atoms with Crippen molar-refractivity contribution in [3.8, 4) is 0 Å². The number of aliphatic hydroxyl groups excluding tert-OH is 1. The lowest BCUT2D eigenvalue weighted by Gasteiger charge is -2.23. The predicted octanol–water partition coefficient (Wildman–Crippen LogP) is 3.43. The summed E-state index contributed by atoms with van der Waals surface area (Å²) < 4.78 is 0. The maximum absolute atomic E-state index is 10.1. The third-order valence-corrected chi connectivity index (χ3v) is 4.55. The smallest absolute Gasteiger partial charge is 0.0583 e. The Balaban J connectivity index is 1.82. The van der Waals surface area contributed by atoms with Gasteiger partial charge in [-0.1, -0.05) is 29.8 Å². The normalized spacial score (nSPS) is 19.2. The lowest BCUT2D eigenvalue weighted by atomic mass is 9.92. The van der Waals surface area contributed by atoms with Gasteiger partial charge in [-0.3, -0.25) is 0 Å². The molecule has 1 unspecified atom stereocenters. The minimum atomic E-state index is -0.162. The van der Waals surface area contributed by atoms with Crippen LogP contribution in [0.2, 0.25) is 0 Å². The molecule has 1 heterocycles. The summed E-state index contributed by atoms with van der Waals surface area (Å²) in [4.78, 5) is 0. The molecule has 0 aromatic heterocycles. The zero-order chi connectivity index (χ0) is 12.1. The van der Waals surface area contributed by atoms with Gasteiger partial charge in [-0.15, -0.1) is 0 Å². The summed E-state index contributed by atoms with van der Waals surface area (Å²) in [6, 6.07) is 8.48. The van der Waals surface area contributed by atoms with Crippen LogP contribution in [0.3, 0.4) is 0 Å². The van der Waals surface area contributed by atoms with Gasteiger partial charge in [0.05, 0.1) is 6.10 Å². The molecule has 1 aliphatic heterocycles. The quantitative estimate of drug-likeness (QED) is 0.883. The number of benzene rings is 1. The largest absolute Gasteiger partial charge is 0.393 e. The lowest BCUT2D eigenvalue weighted by molar-refractivity contribution is 0.139. The van der Waals surface area contributed by atoms with Crippen molar-refractivity contribution in [2.75, 3.05) is 11.5 Å². The third-order valence-electron chi connectivity index (χ3n) is 3.50. The van der Waals surface area contributed by atoms with Crippen LogP contribution >= 0.6 is 11.8 Å². The molecule has 1 saturated heterocycles. The molecule has 1 N–H and O–H groups in total. The van der Waals surface area contributed by atoms with E-state index in [9.17, 15) is 5.11 Å². The van der Waals surface area contributed by atoms with Crippen molar-refractivity contribution in [1.82, 2.24) is 0 Å². The maximum Gasteiger partial charge on any atom is 0.0583 e. The highest BCUT2D eigenvalue weighted by Crippen LogP contribution is 2.27. The first-order chi connectivity index (χ1) is 8.24. The Morgan fingerprint density at radius 2 is 2.12 bits per heavy atom. The van der Waals surface area contributed by atoms with E-state index >= 15 is 0 Å². The SMILES string of the molecule is Cc1cccc(CC(O)CC2CCSCC2)c1. The number of hydrogen-bond donors (Lipinski definition) is 1. The van der Waals surface area contributed by atoms with Crippen molar-refractivity contribution >= 4 is 11.8 Å². The average molecular weight is 250 g/mol. The van der Waals surface area contributed by atoms with Crippen LogP contribution in [0.15, 0.2) is 24.3 Å². The molecule has 0 bridgehead atoms. The predicted molar refractivity (Wildman–Crippen MR) is 75.6 cm³/mol. The second kappa shape index (κ2) is 6.46. The van der Waals surface area contributed by atoms with Crippen molar-refractivity contribution < 1.29 is 5.11 Å². The first-order valence-corrected chi connectivity index (χ1v) is 7.71. The van der Waals surface area contributed by atoms with Crippen LogP contribution < -0.4 is 0 Å². The molecule has 0 saturated carbocycles. The molecule has 2 rings (SSSR count). The average Bonchev–Trinajstić information content (AvgIpc) is 2.30. The molecule has 1 aromatic carbocycles. The molecule has 0 aliphatic carbocycles. The summed E-state index contributed by atoms with van der Waals surface area (Å²) in [6.07, 6.45) is 4.20. The van der Waals surface area contributed by atoms with Crippen molar-refractivity contribution in [1.29, 1.82) is 0 Å². The fraction of sp³-hybridized carbons (Fsp3) is 0.600. The van der Waals surface area contributed by atoms with Crippen LogP contribution in [0.5, 0.6) is 0 Å². The standard InChI is InChI=1S/C15H22OS/c1-12-3-2-4-14(9-12)11-15(16)10-13-5-7-17-8-6-13/h2-4,9,13,15-16H,5-8,10-11H2,1H3. The molecule has 2 heteroatoms. The van der Waals surface area contributed by atoms with E-state index in [1.165, 1.54) is 35.5 Å². The van der Waals surface area contributed by atoms with Gasteiger partial charge in [0.2, 0.25) is 0 Å². The second-order valence-electron chi connectivity index (χ2n) is 5.14. The number of hydrogen-bond acceptors (Lipinski definition) is 2. The summed E-state index contributed by atoms with van der Waals surface area (Å²) in [7, 11) is 0. The first kappa shape index (κ1) is 13.0. The van der Waals surface area contributed by atoms with E-state index in [1.54, 1.807) is 0 Å². The summed E-state index contributed by atoms with van der Waals surface area (Å²) >= 11 is 2.05. The fourth-order valence-electron chi connectivity index (χ4n) is 2.56. The summed E-state index contributed by atoms with van der Waals surface area (Å²) in [5.74, 6) is 3.31. The minimum Gasteiger partial charge on any atom is -0.393 e. The molecule has 1 fully saturated rings. The van der Waals surface area contributed by atoms with Crippen molar-refractivity contribution in [2.45, 2.75) is 38.7 Å². The Hall–Kier alpha value is -0.470. The van der Waals surface area contributed by atoms with E-state index in [1.807, 2.05) is 0 Å². The zero-order valence-electron chi connectivity index (χ0n) is 10.6. The molecular formula is C15H22OS. The zero-order valence-corrected chi connectivity index (χ0v) is 11.4. The summed E-state index contributed by atoms with van der Waals surface area (Å²) in [5, 5.41) is 10.1. The molecule has 0 radical (unpaired) electrons. The number of thioether (sulfide) groups is 1. The van der Waals surface area contributed by atoms with Gasteiger partial charge in [0.25, 0.3) is 0 Å². The van der Waals surface area contributed by atoms with Crippen LogP contribution in [0, 0.1) is 12.8 Å². The van der Waals surface area contributed by atoms with Crippen LogP contribution in [-0.2, 0) is 6.42 Å². The van der Waals surface area contributed by atoms with Gasteiger partial charge in [0.1, 0.15) is 0 Å². The highest BCUT2D eigenvalue weighted by molar-refractivity contribution is 7.99. The van der Waals surface area contributed by atoms with Gasteiger partial charge >= 0.3 is 0 Å². The Morgan fingerprint density at radius 1 is 1.35 bits per heavy atom. The summed E-state index contributed by atoms with van der Waals surface area (Å²) in [5.41, 5.74) is 2.55. The molecule has 0 spiro atoms. The van der Waals surface area contributed by atoms with Gasteiger partial charge in [-0.2, -0.15) is 11.8 Å². The molecular weight excluding hydrogens is 228 g/mol. The number of rotatable bonds is 4. The van der Waals surface area contributed by atoms with E-state index in [0.717, 1.165) is 18.8 Å². The Morgan fingerprint density at radius 3 is 2.82 bits per heavy atom. The third kappa shape index (κ3) is 4.36. The van der Waals surface area contributed by atoms with Crippen molar-refractivity contribution in [3.63, 3.8) is 0 Å². The van der Waals surface area contributed by atoms with Crippen LogP contribution in [0.4, 0.5) is 0 Å². The first-order valence-electron chi connectivity index (χ1n) is 6.55. The van der Waals surface area contributed by atoms with Crippen molar-refractivity contribution in [2.24, 2.45) is 5.92 Å². The monoisotopic (exact) mass is 250 g/mol. The molecule has 0 amide bonds. The fourth-order valence-corrected chi connectivity index (χ4v) is 3.77. The molecule has 1 aromatic rings. The van der Waals surface area contributed by atoms with Gasteiger partial charge in [0.15, 0.2) is 0 Å². The van der Waals surface area contributed by atoms with Crippen LogP contribution in [0.1, 0.15) is 30.4 Å². The Labute approximate surface area is 109 Å². The number of aryl methyl sites for hydroxylation is 1. The van der Waals surface area contributed by atoms with E-state index in [4.69, 9.17) is 0 Å². The van der Waals surface area contributed by atoms with Gasteiger partial charge < -0.3 is 5.11 Å². The maximum atomic E-state index is 10.1. The highest BCUT2D eigenvalue weighted by atomic mass is 32.2. The molecule has 1 atom stereocenters. The second-order valence-corrected chi connectivity index (χ2v) is 6.36. The highest BCUT2D eigenvalue weighted by Gasteiger charge is 2.17. The lowest BCUT2D eigenvalue weighted by Crippen LogP contribution is -2.19. The minimum absolute atomic E-state index is 0.162. The molecule has 1 aliphatic rings. The van der Waals surface area contributed by atoms with E-state index in [-0.39, 0.29) is 6.10 Å². The topological polar surface area (TPSA) is 20.2 Å². The van der Waals surface area contributed by atoms with E-state index in [2.05, 4.69) is 43.0 Å². The Kier molecular flexibility index (Phi) is 4.93.